The van der Waals surface area contributed by atoms with E-state index in [1.807, 2.05) is 6.92 Å². The zero-order valence-corrected chi connectivity index (χ0v) is 12.9. The molecule has 0 aliphatic carbocycles. The van der Waals surface area contributed by atoms with Gasteiger partial charge in [0.15, 0.2) is 0 Å². The zero-order valence-electron chi connectivity index (χ0n) is 12.1. The van der Waals surface area contributed by atoms with Crippen LogP contribution in [0.2, 0.25) is 0 Å². The molecule has 4 N–H and O–H groups in total. The highest BCUT2D eigenvalue weighted by Gasteiger charge is 2.18. The Hall–Kier alpha value is -1.44. The van der Waals surface area contributed by atoms with Crippen LogP contribution in [-0.2, 0) is 14.8 Å². The summed E-state index contributed by atoms with van der Waals surface area (Å²) >= 11 is 0. The van der Waals surface area contributed by atoms with Crippen LogP contribution >= 0.6 is 0 Å². The van der Waals surface area contributed by atoms with Crippen LogP contribution in [0.25, 0.3) is 0 Å². The molecule has 1 saturated heterocycles. The van der Waals surface area contributed by atoms with Crippen molar-refractivity contribution in [2.75, 3.05) is 18.4 Å². The van der Waals surface area contributed by atoms with Crippen molar-refractivity contribution in [1.82, 2.24) is 5.32 Å². The molecule has 0 bridgehead atoms. The molecule has 0 aromatic heterocycles. The van der Waals surface area contributed by atoms with Gasteiger partial charge in [-0.25, -0.2) is 13.6 Å². The Balaban J connectivity index is 2.06. The van der Waals surface area contributed by atoms with Crippen molar-refractivity contribution < 1.29 is 13.2 Å². The Kier molecular flexibility index (Phi) is 4.97. The first kappa shape index (κ1) is 15.9. The van der Waals surface area contributed by atoms with Crippen LogP contribution in [0, 0.1) is 12.8 Å². The summed E-state index contributed by atoms with van der Waals surface area (Å²) in [5, 5.41) is 11.2. The lowest BCUT2D eigenvalue weighted by Crippen LogP contribution is -2.32. The fourth-order valence-electron chi connectivity index (χ4n) is 2.47. The molecule has 1 aliphatic rings. The summed E-state index contributed by atoms with van der Waals surface area (Å²) in [6.07, 6.45) is 2.56. The number of hydrogen-bond acceptors (Lipinski definition) is 4. The Bertz CT molecular complexity index is 622. The van der Waals surface area contributed by atoms with Crippen LogP contribution in [0.3, 0.4) is 0 Å². The number of amides is 1. The van der Waals surface area contributed by atoms with Crippen LogP contribution < -0.4 is 15.8 Å². The number of rotatable bonds is 4. The van der Waals surface area contributed by atoms with E-state index in [-0.39, 0.29) is 10.8 Å². The van der Waals surface area contributed by atoms with Gasteiger partial charge >= 0.3 is 0 Å². The summed E-state index contributed by atoms with van der Waals surface area (Å²) in [5.41, 5.74) is 1.30. The van der Waals surface area contributed by atoms with Crippen molar-refractivity contribution in [2.45, 2.75) is 31.1 Å². The quantitative estimate of drug-likeness (QED) is 0.771. The van der Waals surface area contributed by atoms with Gasteiger partial charge in [-0.1, -0.05) is 6.07 Å². The Morgan fingerprint density at radius 1 is 1.48 bits per heavy atom. The molecule has 21 heavy (non-hydrogen) atoms. The maximum Gasteiger partial charge on any atom is 0.238 e. The summed E-state index contributed by atoms with van der Waals surface area (Å²) in [7, 11) is -3.77. The van der Waals surface area contributed by atoms with Gasteiger partial charge in [-0.15, -0.1) is 0 Å². The Labute approximate surface area is 125 Å². The van der Waals surface area contributed by atoms with E-state index in [0.717, 1.165) is 31.5 Å². The summed E-state index contributed by atoms with van der Waals surface area (Å²) < 4.78 is 22.7. The maximum absolute atomic E-state index is 12.1. The van der Waals surface area contributed by atoms with Crippen LogP contribution in [0.1, 0.15) is 24.8 Å². The predicted octanol–water partition coefficient (Wildman–Crippen LogP) is 0.971. The van der Waals surface area contributed by atoms with Gasteiger partial charge in [-0.3, -0.25) is 4.79 Å². The largest absolute Gasteiger partial charge is 0.326 e. The second-order valence-corrected chi connectivity index (χ2v) is 7.05. The molecule has 0 radical (unpaired) electrons. The number of hydrogen-bond donors (Lipinski definition) is 3. The third kappa shape index (κ3) is 4.52. The van der Waals surface area contributed by atoms with E-state index in [1.54, 1.807) is 6.07 Å². The van der Waals surface area contributed by atoms with Gasteiger partial charge in [0.25, 0.3) is 0 Å². The van der Waals surface area contributed by atoms with E-state index in [1.165, 1.54) is 12.1 Å². The molecule has 0 saturated carbocycles. The Morgan fingerprint density at radius 3 is 2.86 bits per heavy atom. The van der Waals surface area contributed by atoms with Crippen LogP contribution in [-0.4, -0.2) is 27.4 Å². The van der Waals surface area contributed by atoms with Gasteiger partial charge < -0.3 is 10.6 Å². The minimum Gasteiger partial charge on any atom is -0.326 e. The average Bonchev–Trinajstić information content (AvgIpc) is 2.41. The highest BCUT2D eigenvalue weighted by molar-refractivity contribution is 7.89. The number of anilines is 1. The predicted molar refractivity (Wildman–Crippen MR) is 81.4 cm³/mol. The second kappa shape index (κ2) is 6.55. The van der Waals surface area contributed by atoms with Gasteiger partial charge in [0.05, 0.1) is 4.90 Å². The third-order valence-electron chi connectivity index (χ3n) is 3.68. The van der Waals surface area contributed by atoms with Crippen molar-refractivity contribution in [2.24, 2.45) is 11.1 Å². The first-order valence-electron chi connectivity index (χ1n) is 7.00. The summed E-state index contributed by atoms with van der Waals surface area (Å²) in [6, 6.07) is 4.48. The maximum atomic E-state index is 12.1. The number of nitrogens with one attached hydrogen (secondary N) is 2. The lowest BCUT2D eigenvalue weighted by molar-refractivity contribution is -0.117. The SMILES string of the molecule is Cc1ccc(S(N)(=O)=O)cc1NC(=O)CC1CCCNC1. The summed E-state index contributed by atoms with van der Waals surface area (Å²) in [4.78, 5) is 12.1. The molecule has 1 aromatic rings. The van der Waals surface area contributed by atoms with Crippen LogP contribution in [0.5, 0.6) is 0 Å². The lowest BCUT2D eigenvalue weighted by Gasteiger charge is -2.22. The number of carbonyl (C=O) groups is 1. The molecule has 1 aliphatic heterocycles. The highest BCUT2D eigenvalue weighted by Crippen LogP contribution is 2.21. The van der Waals surface area contributed by atoms with Gasteiger partial charge in [0.2, 0.25) is 15.9 Å². The molecule has 1 heterocycles. The average molecular weight is 311 g/mol. The van der Waals surface area contributed by atoms with Crippen molar-refractivity contribution in [3.8, 4) is 0 Å². The molecular weight excluding hydrogens is 290 g/mol. The smallest absolute Gasteiger partial charge is 0.238 e. The first-order chi connectivity index (χ1) is 9.86. The topological polar surface area (TPSA) is 101 Å². The fraction of sp³-hybridized carbons (Fsp3) is 0.500. The molecular formula is C14H21N3O3S. The standard InChI is InChI=1S/C14H21N3O3S/c1-10-4-5-12(21(15,19)20)8-13(10)17-14(18)7-11-3-2-6-16-9-11/h4-5,8,11,16H,2-3,6-7,9H2,1H3,(H,17,18)(H2,15,19,20). The van der Waals surface area contributed by atoms with E-state index in [0.29, 0.717) is 18.0 Å². The number of benzene rings is 1. The first-order valence-corrected chi connectivity index (χ1v) is 8.55. The zero-order chi connectivity index (χ0) is 15.5. The molecule has 1 fully saturated rings. The van der Waals surface area contributed by atoms with Crippen molar-refractivity contribution in [1.29, 1.82) is 0 Å². The highest BCUT2D eigenvalue weighted by atomic mass is 32.2. The monoisotopic (exact) mass is 311 g/mol. The molecule has 1 amide bonds. The summed E-state index contributed by atoms with van der Waals surface area (Å²) in [5.74, 6) is 0.235. The van der Waals surface area contributed by atoms with E-state index >= 15 is 0 Å². The molecule has 7 heteroatoms. The van der Waals surface area contributed by atoms with E-state index in [4.69, 9.17) is 5.14 Å². The van der Waals surface area contributed by atoms with E-state index in [9.17, 15) is 13.2 Å². The molecule has 1 atom stereocenters. The molecule has 1 unspecified atom stereocenters. The van der Waals surface area contributed by atoms with Gasteiger partial charge in [0.1, 0.15) is 0 Å². The van der Waals surface area contributed by atoms with Crippen molar-refractivity contribution >= 4 is 21.6 Å². The molecule has 116 valence electrons. The van der Waals surface area contributed by atoms with Crippen LogP contribution in [0.4, 0.5) is 5.69 Å². The number of primary sulfonamides is 1. The molecule has 1 aromatic carbocycles. The Morgan fingerprint density at radius 2 is 2.24 bits per heavy atom. The number of aryl methyl sites for hydroxylation is 1. The minimum atomic E-state index is -3.77. The van der Waals surface area contributed by atoms with Gasteiger partial charge in [0, 0.05) is 12.1 Å². The normalized spacial score (nSPS) is 19.2. The number of piperidine rings is 1. The van der Waals surface area contributed by atoms with Gasteiger partial charge in [-0.05, 0) is 56.5 Å². The number of sulfonamides is 1. The second-order valence-electron chi connectivity index (χ2n) is 5.49. The molecule has 2 rings (SSSR count). The van der Waals surface area contributed by atoms with E-state index in [2.05, 4.69) is 10.6 Å². The van der Waals surface area contributed by atoms with Crippen molar-refractivity contribution in [3.05, 3.63) is 23.8 Å². The lowest BCUT2D eigenvalue weighted by atomic mass is 9.96. The fourth-order valence-corrected chi connectivity index (χ4v) is 3.01. The summed E-state index contributed by atoms with van der Waals surface area (Å²) in [6.45, 7) is 3.67. The van der Waals surface area contributed by atoms with Gasteiger partial charge in [-0.2, -0.15) is 0 Å². The third-order valence-corrected chi connectivity index (χ3v) is 4.60. The molecule has 0 spiro atoms. The number of nitrogens with two attached hydrogens (primary N) is 1. The van der Waals surface area contributed by atoms with Crippen LogP contribution in [0.15, 0.2) is 23.1 Å². The van der Waals surface area contributed by atoms with Crippen molar-refractivity contribution in [3.63, 3.8) is 0 Å². The molecule has 6 nitrogen and oxygen atoms in total. The number of carbonyl (C=O) groups excluding carboxylic acids is 1. The van der Waals surface area contributed by atoms with E-state index < -0.39 is 10.0 Å². The minimum absolute atomic E-state index is 0.00253.